The number of carbonyl (C=O) groups excluding carboxylic acids is 1. The van der Waals surface area contributed by atoms with Gasteiger partial charge in [-0.3, -0.25) is 4.79 Å². The topological polar surface area (TPSA) is 105 Å². The van der Waals surface area contributed by atoms with E-state index in [1.54, 1.807) is 0 Å². The molecule has 1 rings (SSSR count). The Bertz CT molecular complexity index is 494. The lowest BCUT2D eigenvalue weighted by Crippen LogP contribution is -2.36. The number of amides is 1. The summed E-state index contributed by atoms with van der Waals surface area (Å²) in [5.74, 6) is -1.16. The molecule has 0 unspecified atom stereocenters. The first-order valence-corrected chi connectivity index (χ1v) is 6.30. The average Bonchev–Trinajstić information content (AvgIpc) is 2.44. The van der Waals surface area contributed by atoms with E-state index < -0.39 is 24.5 Å². The number of halogens is 1. The number of rotatable bonds is 6. The van der Waals surface area contributed by atoms with Crippen LogP contribution in [0.3, 0.4) is 0 Å². The number of carboxylic acid groups (broad SMARTS) is 1. The lowest BCUT2D eigenvalue weighted by atomic mass is 10.2. The van der Waals surface area contributed by atoms with E-state index in [0.29, 0.717) is 16.0 Å². The van der Waals surface area contributed by atoms with E-state index in [0.717, 1.165) is 0 Å². The second kappa shape index (κ2) is 7.11. The summed E-state index contributed by atoms with van der Waals surface area (Å²) in [6.07, 6.45) is -1.65. The van der Waals surface area contributed by atoms with Gasteiger partial charge in [0.25, 0.3) is 5.91 Å². The molecule has 0 heterocycles. The van der Waals surface area contributed by atoms with Crippen molar-refractivity contribution < 1.29 is 29.3 Å². The van der Waals surface area contributed by atoms with E-state index in [2.05, 4.69) is 21.2 Å². The molecular formula is C12H14BrNO6. The summed E-state index contributed by atoms with van der Waals surface area (Å²) in [6, 6.07) is 2.93. The average molecular weight is 348 g/mol. The number of benzene rings is 1. The van der Waals surface area contributed by atoms with Gasteiger partial charge >= 0.3 is 5.97 Å². The van der Waals surface area contributed by atoms with Crippen molar-refractivity contribution in [1.29, 1.82) is 0 Å². The monoisotopic (exact) mass is 347 g/mol. The third-order valence-corrected chi connectivity index (χ3v) is 3.23. The van der Waals surface area contributed by atoms with Crippen molar-refractivity contribution in [3.05, 3.63) is 22.2 Å². The lowest BCUT2D eigenvalue weighted by Gasteiger charge is -2.12. The van der Waals surface area contributed by atoms with Crippen molar-refractivity contribution in [2.24, 2.45) is 0 Å². The third-order valence-electron chi connectivity index (χ3n) is 2.45. The van der Waals surface area contributed by atoms with Gasteiger partial charge in [0.1, 0.15) is 16.0 Å². The van der Waals surface area contributed by atoms with E-state index in [4.69, 9.17) is 19.7 Å². The highest BCUT2D eigenvalue weighted by Crippen LogP contribution is 2.35. The molecule has 1 atom stereocenters. The Balaban J connectivity index is 2.90. The molecule has 3 N–H and O–H groups in total. The van der Waals surface area contributed by atoms with Gasteiger partial charge in [-0.25, -0.2) is 4.79 Å². The van der Waals surface area contributed by atoms with Crippen molar-refractivity contribution >= 4 is 27.8 Å². The Morgan fingerprint density at radius 1 is 1.30 bits per heavy atom. The van der Waals surface area contributed by atoms with E-state index >= 15 is 0 Å². The molecule has 0 saturated carbocycles. The van der Waals surface area contributed by atoms with Crippen molar-refractivity contribution in [1.82, 2.24) is 5.32 Å². The summed E-state index contributed by atoms with van der Waals surface area (Å²) >= 11 is 3.27. The number of ether oxygens (including phenoxy) is 2. The predicted octanol–water partition coefficient (Wildman–Crippen LogP) is 0.642. The predicted molar refractivity (Wildman–Crippen MR) is 73.2 cm³/mol. The summed E-state index contributed by atoms with van der Waals surface area (Å²) in [5, 5.41) is 19.9. The van der Waals surface area contributed by atoms with E-state index in [1.807, 2.05) is 0 Å². The van der Waals surface area contributed by atoms with Crippen LogP contribution in [0.2, 0.25) is 0 Å². The van der Waals surface area contributed by atoms with Crippen molar-refractivity contribution in [3.8, 4) is 11.5 Å². The van der Waals surface area contributed by atoms with Crippen LogP contribution in [0.1, 0.15) is 10.4 Å². The van der Waals surface area contributed by atoms with Crippen LogP contribution in [0.25, 0.3) is 0 Å². The molecule has 0 aromatic heterocycles. The summed E-state index contributed by atoms with van der Waals surface area (Å²) in [6.45, 7) is -0.394. The Morgan fingerprint density at radius 2 is 1.80 bits per heavy atom. The molecule has 7 nitrogen and oxygen atoms in total. The maximum atomic E-state index is 11.9. The maximum Gasteiger partial charge on any atom is 0.334 e. The maximum absolute atomic E-state index is 11.9. The number of aliphatic hydroxyl groups excluding tert-OH is 1. The molecule has 0 aliphatic rings. The summed E-state index contributed by atoms with van der Waals surface area (Å²) in [4.78, 5) is 22.3. The number of carbonyl (C=O) groups is 2. The van der Waals surface area contributed by atoms with Crippen LogP contribution in [0.5, 0.6) is 11.5 Å². The molecular weight excluding hydrogens is 334 g/mol. The highest BCUT2D eigenvalue weighted by atomic mass is 79.9. The molecule has 8 heteroatoms. The minimum Gasteiger partial charge on any atom is -0.495 e. The minimum absolute atomic E-state index is 0.222. The first-order valence-electron chi connectivity index (χ1n) is 5.51. The van der Waals surface area contributed by atoms with Gasteiger partial charge in [-0.15, -0.1) is 0 Å². The highest BCUT2D eigenvalue weighted by molar-refractivity contribution is 9.10. The first kappa shape index (κ1) is 16.3. The normalized spacial score (nSPS) is 11.6. The quantitative estimate of drug-likeness (QED) is 0.697. The molecule has 0 saturated heterocycles. The molecule has 20 heavy (non-hydrogen) atoms. The Morgan fingerprint density at radius 3 is 2.20 bits per heavy atom. The number of methoxy groups -OCH3 is 2. The molecule has 1 aromatic carbocycles. The molecule has 0 spiro atoms. The number of nitrogens with one attached hydrogen (secondary N) is 1. The zero-order chi connectivity index (χ0) is 15.3. The fourth-order valence-corrected chi connectivity index (χ4v) is 1.93. The Hall–Kier alpha value is -1.80. The molecule has 0 aliphatic heterocycles. The van der Waals surface area contributed by atoms with E-state index in [1.165, 1.54) is 26.4 Å². The molecule has 1 aromatic rings. The summed E-state index contributed by atoms with van der Waals surface area (Å²) in [5.41, 5.74) is 0.222. The molecule has 110 valence electrons. The van der Waals surface area contributed by atoms with Crippen molar-refractivity contribution in [3.63, 3.8) is 0 Å². The second-order valence-corrected chi connectivity index (χ2v) is 4.55. The third kappa shape index (κ3) is 3.84. The van der Waals surface area contributed by atoms with Gasteiger partial charge in [-0.2, -0.15) is 0 Å². The number of hydrogen-bond donors (Lipinski definition) is 3. The molecule has 0 radical (unpaired) electrons. The van der Waals surface area contributed by atoms with Gasteiger partial charge in [0.05, 0.1) is 20.8 Å². The largest absolute Gasteiger partial charge is 0.495 e. The number of aliphatic hydroxyl groups is 1. The van der Waals surface area contributed by atoms with Crippen LogP contribution in [0.15, 0.2) is 16.6 Å². The first-order chi connectivity index (χ1) is 9.40. The Labute approximate surface area is 123 Å². The van der Waals surface area contributed by atoms with Crippen LogP contribution in [0.4, 0.5) is 0 Å². The SMILES string of the molecule is COc1cc(C(=O)NC[C@H](O)C(=O)O)cc(OC)c1Br. The zero-order valence-corrected chi connectivity index (χ0v) is 12.4. The number of carboxylic acids is 1. The van der Waals surface area contributed by atoms with Gasteiger partial charge in [0.2, 0.25) is 0 Å². The van der Waals surface area contributed by atoms with Gasteiger partial charge in [0, 0.05) is 5.56 Å². The van der Waals surface area contributed by atoms with Crippen LogP contribution < -0.4 is 14.8 Å². The number of hydrogen-bond acceptors (Lipinski definition) is 5. The van der Waals surface area contributed by atoms with Gasteiger partial charge in [-0.05, 0) is 28.1 Å². The molecule has 0 bridgehead atoms. The second-order valence-electron chi connectivity index (χ2n) is 3.76. The Kier molecular flexibility index (Phi) is 5.78. The summed E-state index contributed by atoms with van der Waals surface area (Å²) in [7, 11) is 2.88. The van der Waals surface area contributed by atoms with Gasteiger partial charge < -0.3 is 25.0 Å². The zero-order valence-electron chi connectivity index (χ0n) is 10.8. The molecule has 0 aliphatic carbocycles. The smallest absolute Gasteiger partial charge is 0.334 e. The fraction of sp³-hybridized carbons (Fsp3) is 0.333. The van der Waals surface area contributed by atoms with Gasteiger partial charge in [-0.1, -0.05) is 0 Å². The van der Waals surface area contributed by atoms with Crippen LogP contribution in [-0.2, 0) is 4.79 Å². The summed E-state index contributed by atoms with van der Waals surface area (Å²) < 4.78 is 10.7. The highest BCUT2D eigenvalue weighted by Gasteiger charge is 2.17. The van der Waals surface area contributed by atoms with Crippen LogP contribution in [0, 0.1) is 0 Å². The number of aliphatic carboxylic acids is 1. The standard InChI is InChI=1S/C12H14BrNO6/c1-19-8-3-6(4-9(20-2)10(8)13)11(16)14-5-7(15)12(17)18/h3-4,7,15H,5H2,1-2H3,(H,14,16)(H,17,18)/t7-/m0/s1. The van der Waals surface area contributed by atoms with Crippen LogP contribution >= 0.6 is 15.9 Å². The van der Waals surface area contributed by atoms with E-state index in [-0.39, 0.29) is 5.56 Å². The van der Waals surface area contributed by atoms with Crippen molar-refractivity contribution in [2.75, 3.05) is 20.8 Å². The molecule has 0 fully saturated rings. The van der Waals surface area contributed by atoms with E-state index in [9.17, 15) is 9.59 Å². The fourth-order valence-electron chi connectivity index (χ4n) is 1.38. The lowest BCUT2D eigenvalue weighted by molar-refractivity contribution is -0.146. The minimum atomic E-state index is -1.65. The van der Waals surface area contributed by atoms with Crippen molar-refractivity contribution in [2.45, 2.75) is 6.10 Å². The van der Waals surface area contributed by atoms with Gasteiger partial charge in [0.15, 0.2) is 6.10 Å². The molecule has 1 amide bonds. The van der Waals surface area contributed by atoms with Crippen LogP contribution in [-0.4, -0.2) is 49.0 Å².